The lowest BCUT2D eigenvalue weighted by atomic mass is 9.70. The van der Waals surface area contributed by atoms with Gasteiger partial charge in [-0.3, -0.25) is 0 Å². The van der Waals surface area contributed by atoms with Crippen LogP contribution >= 0.6 is 0 Å². The van der Waals surface area contributed by atoms with Crippen molar-refractivity contribution in [2.75, 3.05) is 6.54 Å². The van der Waals surface area contributed by atoms with Gasteiger partial charge in [0.25, 0.3) is 0 Å². The van der Waals surface area contributed by atoms with Gasteiger partial charge in [0.2, 0.25) is 0 Å². The average molecular weight is 209 g/mol. The molecular formula is C11H19N3O. The van der Waals surface area contributed by atoms with Crippen molar-refractivity contribution in [2.24, 2.45) is 5.73 Å². The first-order valence-corrected chi connectivity index (χ1v) is 5.56. The Bertz CT molecular complexity index is 326. The van der Waals surface area contributed by atoms with Crippen LogP contribution in [0.5, 0.6) is 0 Å². The highest BCUT2D eigenvalue weighted by molar-refractivity contribution is 5.23. The van der Waals surface area contributed by atoms with E-state index in [1.54, 1.807) is 6.33 Å². The summed E-state index contributed by atoms with van der Waals surface area (Å²) >= 11 is 0. The summed E-state index contributed by atoms with van der Waals surface area (Å²) < 4.78 is 0. The van der Waals surface area contributed by atoms with Crippen molar-refractivity contribution in [1.82, 2.24) is 9.97 Å². The summed E-state index contributed by atoms with van der Waals surface area (Å²) in [7, 11) is 0. The van der Waals surface area contributed by atoms with Crippen LogP contribution in [-0.4, -0.2) is 27.7 Å². The van der Waals surface area contributed by atoms with E-state index in [-0.39, 0.29) is 11.5 Å². The molecule has 0 aliphatic heterocycles. The maximum Gasteiger partial charge on any atom is 0.0925 e. The molecule has 0 aromatic carbocycles. The quantitative estimate of drug-likeness (QED) is 0.676. The molecule has 1 heterocycles. The van der Waals surface area contributed by atoms with Crippen molar-refractivity contribution in [3.63, 3.8) is 0 Å². The van der Waals surface area contributed by atoms with Gasteiger partial charge in [0.15, 0.2) is 0 Å². The molecule has 0 atom stereocenters. The van der Waals surface area contributed by atoms with Crippen LogP contribution in [0.4, 0.5) is 0 Å². The van der Waals surface area contributed by atoms with Gasteiger partial charge in [-0.2, -0.15) is 0 Å². The van der Waals surface area contributed by atoms with E-state index in [0.717, 1.165) is 37.1 Å². The summed E-state index contributed by atoms with van der Waals surface area (Å²) in [5.41, 5.74) is 8.10. The van der Waals surface area contributed by atoms with E-state index in [1.807, 2.05) is 6.92 Å². The number of hydrogen-bond acceptors (Lipinski definition) is 3. The number of aromatic amines is 1. The predicted octanol–water partition coefficient (Wildman–Crippen LogP) is 0.850. The summed E-state index contributed by atoms with van der Waals surface area (Å²) in [5.74, 6) is 0. The molecule has 1 saturated carbocycles. The number of aliphatic hydroxyl groups is 1. The van der Waals surface area contributed by atoms with E-state index in [1.165, 1.54) is 0 Å². The van der Waals surface area contributed by atoms with E-state index >= 15 is 0 Å². The third kappa shape index (κ3) is 1.79. The molecule has 0 spiro atoms. The van der Waals surface area contributed by atoms with E-state index in [0.29, 0.717) is 6.54 Å². The van der Waals surface area contributed by atoms with Crippen molar-refractivity contribution >= 4 is 0 Å². The first-order chi connectivity index (χ1) is 7.18. The number of aryl methyl sites for hydroxylation is 1. The number of aliphatic hydroxyl groups excluding tert-OH is 1. The van der Waals surface area contributed by atoms with Crippen LogP contribution in [-0.2, 0) is 5.41 Å². The summed E-state index contributed by atoms with van der Waals surface area (Å²) in [5, 5.41) is 9.53. The lowest BCUT2D eigenvalue weighted by molar-refractivity contribution is 0.0961. The van der Waals surface area contributed by atoms with Gasteiger partial charge in [-0.1, -0.05) is 0 Å². The number of nitrogens with one attached hydrogen (secondary N) is 1. The molecule has 4 N–H and O–H groups in total. The minimum atomic E-state index is -0.149. The number of hydrogen-bond donors (Lipinski definition) is 3. The number of H-pyrrole nitrogens is 1. The molecule has 4 heteroatoms. The van der Waals surface area contributed by atoms with Crippen LogP contribution in [0.1, 0.15) is 37.1 Å². The van der Waals surface area contributed by atoms with Gasteiger partial charge in [-0.25, -0.2) is 4.98 Å². The van der Waals surface area contributed by atoms with Crippen LogP contribution in [0.25, 0.3) is 0 Å². The molecule has 2 rings (SSSR count). The molecule has 0 amide bonds. The fraction of sp³-hybridized carbons (Fsp3) is 0.727. The molecule has 4 nitrogen and oxygen atoms in total. The Balaban J connectivity index is 2.26. The molecule has 1 aromatic heterocycles. The monoisotopic (exact) mass is 209 g/mol. The molecule has 15 heavy (non-hydrogen) atoms. The SMILES string of the molecule is Cc1[nH]cnc1C1(CN)CCC(O)CC1. The Morgan fingerprint density at radius 3 is 2.73 bits per heavy atom. The highest BCUT2D eigenvalue weighted by Crippen LogP contribution is 2.38. The molecule has 0 saturated heterocycles. The highest BCUT2D eigenvalue weighted by Gasteiger charge is 2.37. The summed E-state index contributed by atoms with van der Waals surface area (Å²) in [6, 6.07) is 0. The second-order valence-electron chi connectivity index (χ2n) is 4.59. The molecule has 0 radical (unpaired) electrons. The second kappa shape index (κ2) is 3.94. The molecule has 0 bridgehead atoms. The number of rotatable bonds is 2. The van der Waals surface area contributed by atoms with E-state index in [9.17, 15) is 5.11 Å². The molecular weight excluding hydrogens is 190 g/mol. The molecule has 1 aromatic rings. The van der Waals surface area contributed by atoms with Crippen molar-refractivity contribution in [2.45, 2.75) is 44.1 Å². The molecule has 1 aliphatic carbocycles. The van der Waals surface area contributed by atoms with Gasteiger partial charge in [-0.15, -0.1) is 0 Å². The predicted molar refractivity (Wildman–Crippen MR) is 58.5 cm³/mol. The van der Waals surface area contributed by atoms with Gasteiger partial charge >= 0.3 is 0 Å². The van der Waals surface area contributed by atoms with E-state index < -0.39 is 0 Å². The third-order valence-corrected chi connectivity index (χ3v) is 3.64. The maximum absolute atomic E-state index is 9.53. The van der Waals surface area contributed by atoms with Crippen molar-refractivity contribution < 1.29 is 5.11 Å². The number of aromatic nitrogens is 2. The van der Waals surface area contributed by atoms with Gasteiger partial charge in [0, 0.05) is 17.7 Å². The zero-order chi connectivity index (χ0) is 10.9. The summed E-state index contributed by atoms with van der Waals surface area (Å²) in [6.45, 7) is 2.65. The summed E-state index contributed by atoms with van der Waals surface area (Å²) in [6.07, 6.45) is 5.14. The zero-order valence-corrected chi connectivity index (χ0v) is 9.16. The highest BCUT2D eigenvalue weighted by atomic mass is 16.3. The minimum absolute atomic E-state index is 0.0106. The lowest BCUT2D eigenvalue weighted by Gasteiger charge is -2.37. The molecule has 0 unspecified atom stereocenters. The first-order valence-electron chi connectivity index (χ1n) is 5.56. The minimum Gasteiger partial charge on any atom is -0.393 e. The normalized spacial score (nSPS) is 31.8. The topological polar surface area (TPSA) is 74.9 Å². The average Bonchev–Trinajstić information content (AvgIpc) is 2.67. The van der Waals surface area contributed by atoms with Crippen LogP contribution in [0.15, 0.2) is 6.33 Å². The largest absolute Gasteiger partial charge is 0.393 e. The van der Waals surface area contributed by atoms with Gasteiger partial charge < -0.3 is 15.8 Å². The second-order valence-corrected chi connectivity index (χ2v) is 4.59. The van der Waals surface area contributed by atoms with Gasteiger partial charge in [0.1, 0.15) is 0 Å². The Kier molecular flexibility index (Phi) is 2.80. The van der Waals surface area contributed by atoms with Crippen molar-refractivity contribution in [3.05, 3.63) is 17.7 Å². The molecule has 84 valence electrons. The zero-order valence-electron chi connectivity index (χ0n) is 9.16. The molecule has 1 fully saturated rings. The van der Waals surface area contributed by atoms with E-state index in [2.05, 4.69) is 9.97 Å². The fourth-order valence-electron chi connectivity index (χ4n) is 2.59. The Morgan fingerprint density at radius 1 is 1.60 bits per heavy atom. The molecule has 1 aliphatic rings. The van der Waals surface area contributed by atoms with Gasteiger partial charge in [-0.05, 0) is 32.6 Å². The smallest absolute Gasteiger partial charge is 0.0925 e. The lowest BCUT2D eigenvalue weighted by Crippen LogP contribution is -2.40. The van der Waals surface area contributed by atoms with Crippen LogP contribution in [0.3, 0.4) is 0 Å². The number of imidazole rings is 1. The number of nitrogens with zero attached hydrogens (tertiary/aromatic N) is 1. The van der Waals surface area contributed by atoms with E-state index in [4.69, 9.17) is 5.73 Å². The Hall–Kier alpha value is -0.870. The van der Waals surface area contributed by atoms with Crippen LogP contribution in [0.2, 0.25) is 0 Å². The Labute approximate surface area is 89.9 Å². The standard InChI is InChI=1S/C11H19N3O/c1-8-10(14-7-13-8)11(6-12)4-2-9(15)3-5-11/h7,9,15H,2-6,12H2,1H3,(H,13,14). The third-order valence-electron chi connectivity index (χ3n) is 3.64. The van der Waals surface area contributed by atoms with Crippen molar-refractivity contribution in [3.8, 4) is 0 Å². The summed E-state index contributed by atoms with van der Waals surface area (Å²) in [4.78, 5) is 7.50. The fourth-order valence-corrected chi connectivity index (χ4v) is 2.59. The maximum atomic E-state index is 9.53. The van der Waals surface area contributed by atoms with Crippen LogP contribution in [0, 0.1) is 6.92 Å². The number of nitrogens with two attached hydrogens (primary N) is 1. The Morgan fingerprint density at radius 2 is 2.27 bits per heavy atom. The van der Waals surface area contributed by atoms with Gasteiger partial charge in [0.05, 0.1) is 18.1 Å². The first kappa shape index (κ1) is 10.6. The van der Waals surface area contributed by atoms with Crippen LogP contribution < -0.4 is 5.73 Å². The van der Waals surface area contributed by atoms with Crippen molar-refractivity contribution in [1.29, 1.82) is 0 Å².